The fourth-order valence-electron chi connectivity index (χ4n) is 4.48. The summed E-state index contributed by atoms with van der Waals surface area (Å²) in [5.74, 6) is 0.129. The molecule has 1 unspecified atom stereocenters. The number of carbonyl (C=O) groups excluding carboxylic acids is 2. The lowest BCUT2D eigenvalue weighted by Crippen LogP contribution is -2.54. The summed E-state index contributed by atoms with van der Waals surface area (Å²) in [4.78, 5) is 31.8. The quantitative estimate of drug-likeness (QED) is 0.629. The zero-order valence-corrected chi connectivity index (χ0v) is 20.1. The molecule has 34 heavy (non-hydrogen) atoms. The minimum atomic E-state index is -3.03. The molecule has 0 aromatic heterocycles. The van der Waals surface area contributed by atoms with Gasteiger partial charge in [0.15, 0.2) is 9.84 Å². The summed E-state index contributed by atoms with van der Waals surface area (Å²) in [6.07, 6.45) is 0. The maximum absolute atomic E-state index is 13.6. The number of piperazine rings is 1. The van der Waals surface area contributed by atoms with Gasteiger partial charge in [0.1, 0.15) is 6.04 Å². The number of hydrogen-bond acceptors (Lipinski definition) is 6. The Bertz CT molecular complexity index is 1060. The third kappa shape index (κ3) is 6.43. The van der Waals surface area contributed by atoms with Crippen molar-refractivity contribution in [3.05, 3.63) is 71.8 Å². The van der Waals surface area contributed by atoms with Gasteiger partial charge in [-0.25, -0.2) is 8.42 Å². The van der Waals surface area contributed by atoms with E-state index in [2.05, 4.69) is 10.2 Å². The third-order valence-electron chi connectivity index (χ3n) is 6.48. The molecule has 1 atom stereocenters. The lowest BCUT2D eigenvalue weighted by Gasteiger charge is -2.40. The minimum Gasteiger partial charge on any atom is -0.351 e. The second kappa shape index (κ2) is 11.1. The number of hydrogen-bond donors (Lipinski definition) is 1. The first-order chi connectivity index (χ1) is 16.4. The van der Waals surface area contributed by atoms with E-state index in [9.17, 15) is 18.0 Å². The Kier molecular flexibility index (Phi) is 7.97. The highest BCUT2D eigenvalue weighted by molar-refractivity contribution is 7.91. The maximum atomic E-state index is 13.6. The highest BCUT2D eigenvalue weighted by Crippen LogP contribution is 2.26. The summed E-state index contributed by atoms with van der Waals surface area (Å²) in [7, 11) is -3.03. The SMILES string of the molecule is O=C(CN1CCN(C(=O)C(c2ccccc2)N2CCS(=O)(=O)CC2)CC1)NCc1ccccc1. The van der Waals surface area contributed by atoms with Gasteiger partial charge in [0.25, 0.3) is 0 Å². The van der Waals surface area contributed by atoms with Crippen LogP contribution < -0.4 is 5.32 Å². The van der Waals surface area contributed by atoms with Gasteiger partial charge in [0.2, 0.25) is 11.8 Å². The number of nitrogens with zero attached hydrogens (tertiary/aromatic N) is 3. The largest absolute Gasteiger partial charge is 0.351 e. The Morgan fingerprint density at radius 2 is 1.41 bits per heavy atom. The van der Waals surface area contributed by atoms with Gasteiger partial charge in [-0.05, 0) is 11.1 Å². The Hall–Kier alpha value is -2.75. The van der Waals surface area contributed by atoms with Crippen LogP contribution in [0.15, 0.2) is 60.7 Å². The molecular formula is C25H32N4O4S. The predicted octanol–water partition coefficient (Wildman–Crippen LogP) is 0.919. The van der Waals surface area contributed by atoms with Crippen molar-refractivity contribution in [2.75, 3.05) is 57.3 Å². The van der Waals surface area contributed by atoms with E-state index in [1.165, 1.54) is 0 Å². The number of nitrogens with one attached hydrogen (secondary N) is 1. The molecule has 1 N–H and O–H groups in total. The molecule has 2 aromatic rings. The molecule has 0 aliphatic carbocycles. The van der Waals surface area contributed by atoms with Crippen LogP contribution in [0.4, 0.5) is 0 Å². The first kappa shape index (κ1) is 24.4. The van der Waals surface area contributed by atoms with Crippen LogP contribution in [-0.4, -0.2) is 92.3 Å². The zero-order chi connectivity index (χ0) is 24.0. The molecular weight excluding hydrogens is 452 g/mol. The molecule has 2 aliphatic heterocycles. The van der Waals surface area contributed by atoms with Crippen molar-refractivity contribution >= 4 is 21.7 Å². The Balaban J connectivity index is 1.32. The average Bonchev–Trinajstić information content (AvgIpc) is 2.85. The van der Waals surface area contributed by atoms with Crippen LogP contribution in [0.3, 0.4) is 0 Å². The van der Waals surface area contributed by atoms with Crippen molar-refractivity contribution in [2.45, 2.75) is 12.6 Å². The van der Waals surface area contributed by atoms with Gasteiger partial charge >= 0.3 is 0 Å². The summed E-state index contributed by atoms with van der Waals surface area (Å²) in [6.45, 7) is 3.86. The molecule has 2 aromatic carbocycles. The first-order valence-electron chi connectivity index (χ1n) is 11.7. The lowest BCUT2D eigenvalue weighted by molar-refractivity contribution is -0.139. The van der Waals surface area contributed by atoms with Crippen LogP contribution in [0.2, 0.25) is 0 Å². The first-order valence-corrected chi connectivity index (χ1v) is 13.5. The molecule has 4 rings (SSSR count). The highest BCUT2D eigenvalue weighted by atomic mass is 32.2. The number of benzene rings is 2. The number of rotatable bonds is 7. The molecule has 0 radical (unpaired) electrons. The summed E-state index contributed by atoms with van der Waals surface area (Å²) >= 11 is 0. The summed E-state index contributed by atoms with van der Waals surface area (Å²) in [5, 5.41) is 2.95. The second-order valence-corrected chi connectivity index (χ2v) is 11.2. The smallest absolute Gasteiger partial charge is 0.244 e. The minimum absolute atomic E-state index is 0.00122. The van der Waals surface area contributed by atoms with E-state index < -0.39 is 15.9 Å². The van der Waals surface area contributed by atoms with Crippen LogP contribution in [0.5, 0.6) is 0 Å². The third-order valence-corrected chi connectivity index (χ3v) is 8.09. The van der Waals surface area contributed by atoms with Gasteiger partial charge in [0.05, 0.1) is 18.1 Å². The molecule has 9 heteroatoms. The fraction of sp³-hybridized carbons (Fsp3) is 0.440. The van der Waals surface area contributed by atoms with Gasteiger partial charge in [-0.1, -0.05) is 60.7 Å². The maximum Gasteiger partial charge on any atom is 0.244 e. The van der Waals surface area contributed by atoms with Crippen LogP contribution in [0.25, 0.3) is 0 Å². The van der Waals surface area contributed by atoms with Crippen molar-refractivity contribution in [1.82, 2.24) is 20.0 Å². The fourth-order valence-corrected chi connectivity index (χ4v) is 5.71. The van der Waals surface area contributed by atoms with Crippen molar-refractivity contribution in [2.24, 2.45) is 0 Å². The van der Waals surface area contributed by atoms with Crippen molar-refractivity contribution in [3.63, 3.8) is 0 Å². The van der Waals surface area contributed by atoms with Crippen LogP contribution in [0, 0.1) is 0 Å². The Labute approximate surface area is 201 Å². The lowest BCUT2D eigenvalue weighted by atomic mass is 10.0. The number of amides is 2. The van der Waals surface area contributed by atoms with E-state index in [-0.39, 0.29) is 23.3 Å². The van der Waals surface area contributed by atoms with Crippen LogP contribution in [0.1, 0.15) is 17.2 Å². The standard InChI is InChI=1S/C25H32N4O4S/c30-23(26-19-21-7-3-1-4-8-21)20-27-11-13-29(14-12-27)25(31)24(22-9-5-2-6-10-22)28-15-17-34(32,33)18-16-28/h1-10,24H,11-20H2,(H,26,30). The van der Waals surface area contributed by atoms with Gasteiger partial charge in [-0.15, -0.1) is 0 Å². The second-order valence-electron chi connectivity index (χ2n) is 8.86. The molecule has 8 nitrogen and oxygen atoms in total. The van der Waals surface area contributed by atoms with Crippen molar-refractivity contribution < 1.29 is 18.0 Å². The Morgan fingerprint density at radius 1 is 0.824 bits per heavy atom. The van der Waals surface area contributed by atoms with E-state index in [0.717, 1.165) is 11.1 Å². The summed E-state index contributed by atoms with van der Waals surface area (Å²) < 4.78 is 23.8. The normalized spacial score (nSPS) is 19.9. The number of sulfone groups is 1. The molecule has 2 amide bonds. The Morgan fingerprint density at radius 3 is 2.03 bits per heavy atom. The number of carbonyl (C=O) groups is 2. The average molecular weight is 485 g/mol. The molecule has 0 saturated carbocycles. The highest BCUT2D eigenvalue weighted by Gasteiger charge is 2.36. The van der Waals surface area contributed by atoms with Crippen LogP contribution in [-0.2, 0) is 26.0 Å². The van der Waals surface area contributed by atoms with Gasteiger partial charge in [-0.3, -0.25) is 19.4 Å². The van der Waals surface area contributed by atoms with Gasteiger partial charge < -0.3 is 10.2 Å². The molecule has 0 spiro atoms. The molecule has 2 saturated heterocycles. The van der Waals surface area contributed by atoms with Crippen molar-refractivity contribution in [1.29, 1.82) is 0 Å². The molecule has 0 bridgehead atoms. The summed E-state index contributed by atoms with van der Waals surface area (Å²) in [6, 6.07) is 18.9. The monoisotopic (exact) mass is 484 g/mol. The molecule has 2 heterocycles. The topological polar surface area (TPSA) is 90.0 Å². The molecule has 2 aliphatic rings. The van der Waals surface area contributed by atoms with E-state index >= 15 is 0 Å². The molecule has 2 fully saturated rings. The van der Waals surface area contributed by atoms with Gasteiger partial charge in [0, 0.05) is 45.8 Å². The van der Waals surface area contributed by atoms with E-state index in [1.54, 1.807) is 0 Å². The predicted molar refractivity (Wildman–Crippen MR) is 131 cm³/mol. The zero-order valence-electron chi connectivity index (χ0n) is 19.3. The summed E-state index contributed by atoms with van der Waals surface area (Å²) in [5.41, 5.74) is 1.94. The molecule has 182 valence electrons. The van der Waals surface area contributed by atoms with Crippen molar-refractivity contribution in [3.8, 4) is 0 Å². The van der Waals surface area contributed by atoms with E-state index in [4.69, 9.17) is 0 Å². The van der Waals surface area contributed by atoms with Gasteiger partial charge in [-0.2, -0.15) is 0 Å². The van der Waals surface area contributed by atoms with Crippen LogP contribution >= 0.6 is 0 Å². The van der Waals surface area contributed by atoms with E-state index in [0.29, 0.717) is 52.4 Å². The van der Waals surface area contributed by atoms with E-state index in [1.807, 2.05) is 70.5 Å².